The minimum absolute atomic E-state index is 0.0281. The highest BCUT2D eigenvalue weighted by molar-refractivity contribution is 7.81. The third-order valence-corrected chi connectivity index (χ3v) is 7.27. The highest BCUT2D eigenvalue weighted by Gasteiger charge is 2.21. The molecule has 2 radical (unpaired) electrons. The molecule has 0 saturated heterocycles. The van der Waals surface area contributed by atoms with Gasteiger partial charge in [0.25, 0.3) is 0 Å². The first-order valence-electron chi connectivity index (χ1n) is 14.7. The zero-order valence-electron chi connectivity index (χ0n) is 27.0. The molecule has 1 aromatic heterocycles. The number of amides is 4. The van der Waals surface area contributed by atoms with E-state index >= 15 is 0 Å². The fourth-order valence-electron chi connectivity index (χ4n) is 4.08. The van der Waals surface area contributed by atoms with Gasteiger partial charge in [-0.1, -0.05) is 11.3 Å². The average Bonchev–Trinajstić information content (AvgIpc) is 3.51. The molecule has 0 aliphatic rings. The summed E-state index contributed by atoms with van der Waals surface area (Å²) in [6.45, 7) is 0.0860. The second-order valence-electron chi connectivity index (χ2n) is 10.1. The van der Waals surface area contributed by atoms with Crippen molar-refractivity contribution in [1.29, 1.82) is 0 Å². The fraction of sp³-hybridized carbons (Fsp3) is 0.519. The maximum Gasteiger partial charge on any atom is 0.420 e. The molecule has 1 heterocycles. The van der Waals surface area contributed by atoms with Crippen LogP contribution in [0.15, 0.2) is 24.4 Å². The topological polar surface area (TPSA) is 276 Å². The highest BCUT2D eigenvalue weighted by Crippen LogP contribution is 2.20. The lowest BCUT2D eigenvalue weighted by atomic mass is 10.1. The molecule has 0 spiro atoms. The molecule has 2 aromatic rings. The Bertz CT molecular complexity index is 1430. The maximum absolute atomic E-state index is 12.9. The molecule has 20 nitrogen and oxygen atoms in total. The largest absolute Gasteiger partial charge is 0.481 e. The van der Waals surface area contributed by atoms with E-state index < -0.39 is 60.2 Å². The number of urea groups is 1. The molecule has 0 saturated carbocycles. The van der Waals surface area contributed by atoms with Gasteiger partial charge in [-0.05, 0) is 43.1 Å². The number of ether oxygens (including phenoxy) is 4. The van der Waals surface area contributed by atoms with Crippen molar-refractivity contribution in [3.8, 4) is 0 Å². The van der Waals surface area contributed by atoms with E-state index in [0.29, 0.717) is 41.9 Å². The number of nitrogens with zero attached hydrogens (tertiary/aromatic N) is 3. The van der Waals surface area contributed by atoms with Gasteiger partial charge in [-0.15, -0.1) is 5.10 Å². The van der Waals surface area contributed by atoms with Crippen molar-refractivity contribution >= 4 is 54.6 Å². The van der Waals surface area contributed by atoms with Gasteiger partial charge in [-0.2, -0.15) is 0 Å². The summed E-state index contributed by atoms with van der Waals surface area (Å²) < 4.78 is 38.1. The van der Waals surface area contributed by atoms with E-state index in [-0.39, 0.29) is 38.9 Å². The molecule has 0 aliphatic heterocycles. The van der Waals surface area contributed by atoms with Crippen molar-refractivity contribution in [3.63, 3.8) is 0 Å². The molecule has 0 bridgehead atoms. The zero-order valence-corrected chi connectivity index (χ0v) is 27.8. The number of nitrogens with one attached hydrogen (secondary N) is 5. The maximum atomic E-state index is 12.9. The van der Waals surface area contributed by atoms with Crippen molar-refractivity contribution in [2.75, 3.05) is 45.8 Å². The van der Waals surface area contributed by atoms with E-state index in [2.05, 4.69) is 35.7 Å². The lowest BCUT2D eigenvalue weighted by molar-refractivity contribution is -0.138. The number of aliphatic carboxylic acids is 1. The summed E-state index contributed by atoms with van der Waals surface area (Å²) in [5, 5.41) is 25.5. The van der Waals surface area contributed by atoms with Gasteiger partial charge in [-0.25, -0.2) is 27.9 Å². The number of primary amides is 1. The predicted molar refractivity (Wildman–Crippen MR) is 173 cm³/mol. The minimum atomic E-state index is -1.94. The van der Waals surface area contributed by atoms with Crippen LogP contribution in [0.2, 0.25) is 0 Å². The van der Waals surface area contributed by atoms with E-state index in [1.807, 2.05) is 0 Å². The molecule has 3 atom stereocenters. The summed E-state index contributed by atoms with van der Waals surface area (Å²) >= 11 is -1.94. The summed E-state index contributed by atoms with van der Waals surface area (Å²) in [4.78, 5) is 58.4. The van der Waals surface area contributed by atoms with Crippen LogP contribution in [0.1, 0.15) is 42.1 Å². The predicted octanol–water partition coefficient (Wildman–Crippen LogP) is -0.668. The fourth-order valence-corrected chi connectivity index (χ4v) is 4.64. The van der Waals surface area contributed by atoms with Gasteiger partial charge in [0.2, 0.25) is 19.6 Å². The van der Waals surface area contributed by atoms with Crippen LogP contribution in [-0.2, 0) is 59.5 Å². The number of carboxylic acids is 1. The third kappa shape index (κ3) is 16.4. The van der Waals surface area contributed by atoms with Gasteiger partial charge >= 0.3 is 18.1 Å². The molecule has 1 aromatic carbocycles. The van der Waals surface area contributed by atoms with E-state index in [1.54, 1.807) is 25.2 Å². The zero-order chi connectivity index (χ0) is 36.2. The Hall–Kier alpha value is -4.64. The number of likely N-dealkylation sites (N-methyl/N-ethyl adjacent to an activating group) is 1. The number of aromatic nitrogens is 3. The van der Waals surface area contributed by atoms with Crippen LogP contribution in [0.25, 0.3) is 0 Å². The molecule has 8 N–H and O–H groups in total. The summed E-state index contributed by atoms with van der Waals surface area (Å²) in [6.07, 6.45) is 0.834. The highest BCUT2D eigenvalue weighted by atomic mass is 32.2. The molecule has 3 unspecified atom stereocenters. The summed E-state index contributed by atoms with van der Waals surface area (Å²) in [5.74, 6) is -2.49. The number of benzene rings is 1. The third-order valence-electron chi connectivity index (χ3n) is 6.45. The molecule has 0 aliphatic carbocycles. The van der Waals surface area contributed by atoms with Gasteiger partial charge in [0.05, 0.1) is 44.5 Å². The van der Waals surface area contributed by atoms with Gasteiger partial charge in [0.15, 0.2) is 11.2 Å². The van der Waals surface area contributed by atoms with E-state index in [1.165, 1.54) is 18.0 Å². The van der Waals surface area contributed by atoms with Crippen LogP contribution in [0, 0.1) is 0 Å². The standard InChI is InChI=1S/C27H40BN9O11S/c1-30-22(4-3-7-31-26(29)42)24(40)33-19-6-5-17(14-47-25(28)41)18(10-19)13-46-15-20-12-37(36-34-20)21(11-23(38)39)16-48-27(43)35-49(44)32-8-9-45-2/h5-6,10,12,21-22,30,32H,3-4,7-9,11,13-16H2,1-2H3,(H,33,40)(H,35,43)(H,38,39)(H3,29,31,42). The average molecular weight is 710 g/mol. The Morgan fingerprint density at radius 3 is 2.55 bits per heavy atom. The SMILES string of the molecule is [B]C(=O)OCc1ccc(NC(=O)C(CCCNC(N)=O)NC)cc1COCc1cn(C(COC(=O)NS(=O)NCCOC)CC(=O)O)nn1. The second kappa shape index (κ2) is 22.1. The minimum Gasteiger partial charge on any atom is -0.481 e. The van der Waals surface area contributed by atoms with Crippen LogP contribution in [0.4, 0.5) is 20.1 Å². The summed E-state index contributed by atoms with van der Waals surface area (Å²) in [7, 11) is 8.21. The van der Waals surface area contributed by atoms with Gasteiger partial charge in [-0.3, -0.25) is 14.4 Å². The van der Waals surface area contributed by atoms with E-state index in [9.17, 15) is 33.3 Å². The molecule has 268 valence electrons. The van der Waals surface area contributed by atoms with Gasteiger partial charge in [0, 0.05) is 25.9 Å². The van der Waals surface area contributed by atoms with Crippen LogP contribution in [-0.4, -0.2) is 109 Å². The molecular formula is C27H40BN9O11S. The molecule has 4 amide bonds. The number of carbonyl (C=O) groups excluding carboxylic acids is 4. The molecular weight excluding hydrogens is 669 g/mol. The van der Waals surface area contributed by atoms with E-state index in [0.717, 1.165) is 0 Å². The summed E-state index contributed by atoms with van der Waals surface area (Å²) in [6, 6.07) is 2.74. The smallest absolute Gasteiger partial charge is 0.420 e. The van der Waals surface area contributed by atoms with Crippen molar-refractivity contribution in [3.05, 3.63) is 41.2 Å². The molecule has 22 heteroatoms. The van der Waals surface area contributed by atoms with Crippen LogP contribution in [0.5, 0.6) is 0 Å². The first kappa shape index (κ1) is 40.5. The van der Waals surface area contributed by atoms with Crippen molar-refractivity contribution in [1.82, 2.24) is 35.1 Å². The van der Waals surface area contributed by atoms with Crippen molar-refractivity contribution in [2.24, 2.45) is 5.73 Å². The number of methoxy groups -OCH3 is 1. The van der Waals surface area contributed by atoms with Crippen molar-refractivity contribution < 1.29 is 52.2 Å². The molecule has 49 heavy (non-hydrogen) atoms. The van der Waals surface area contributed by atoms with Crippen LogP contribution in [0.3, 0.4) is 0 Å². The van der Waals surface area contributed by atoms with Gasteiger partial charge in [0.1, 0.15) is 18.9 Å². The number of hydrogen-bond acceptors (Lipinski definition) is 13. The first-order chi connectivity index (χ1) is 23.4. The Morgan fingerprint density at radius 1 is 1.10 bits per heavy atom. The Kier molecular flexibility index (Phi) is 18.3. The van der Waals surface area contributed by atoms with E-state index in [4.69, 9.17) is 32.5 Å². The molecule has 2 rings (SSSR count). The second-order valence-corrected chi connectivity index (χ2v) is 11.2. The Labute approximate surface area is 285 Å². The number of carbonyl (C=O) groups is 5. The van der Waals surface area contributed by atoms with Crippen LogP contribution >= 0.6 is 0 Å². The Balaban J connectivity index is 2.04. The normalized spacial score (nSPS) is 12.7. The first-order valence-corrected chi connectivity index (χ1v) is 15.9. The Morgan fingerprint density at radius 2 is 1.88 bits per heavy atom. The molecule has 0 fully saturated rings. The summed E-state index contributed by atoms with van der Waals surface area (Å²) in [5.41, 5.74) is 6.91. The monoisotopic (exact) mass is 709 g/mol. The van der Waals surface area contributed by atoms with Crippen molar-refractivity contribution in [2.45, 2.75) is 51.2 Å². The van der Waals surface area contributed by atoms with Gasteiger partial charge < -0.3 is 45.7 Å². The lowest BCUT2D eigenvalue weighted by Crippen LogP contribution is -2.39. The number of carboxylic acid groups (broad SMARTS) is 1. The number of hydrogen-bond donors (Lipinski definition) is 7. The quantitative estimate of drug-likeness (QED) is 0.0557. The van der Waals surface area contributed by atoms with Crippen LogP contribution < -0.4 is 31.1 Å². The number of rotatable bonds is 23. The lowest BCUT2D eigenvalue weighted by Gasteiger charge is -2.17. The number of anilines is 1. The number of nitrogens with two attached hydrogens (primary N) is 1.